The zero-order chi connectivity index (χ0) is 33.6. The lowest BCUT2D eigenvalue weighted by molar-refractivity contribution is 0.301. The molecule has 0 saturated carbocycles. The second-order valence-corrected chi connectivity index (χ2v) is 13.4. The average molecular weight is 696 g/mol. The topological polar surface area (TPSA) is 36.3 Å². The Morgan fingerprint density at radius 1 is 0.646 bits per heavy atom. The van der Waals surface area contributed by atoms with Gasteiger partial charge in [0.1, 0.15) is 17.9 Å². The smallest absolute Gasteiger partial charge is 0.156 e. The minimum absolute atomic E-state index is 0.320. The van der Waals surface area contributed by atoms with Crippen molar-refractivity contribution in [2.75, 3.05) is 12.5 Å². The molecule has 4 nitrogen and oxygen atoms in total. The van der Waals surface area contributed by atoms with Crippen molar-refractivity contribution in [2.24, 2.45) is 0 Å². The standard InChI is InChI=1S/C41H37Cl3N2O2/c1-40(2,34-25-37(43)39(38(44)26-34)47-24-12-23-42)30-19-21-36(22-20-30)48-28-35-27-46(29-45-35)41(31-13-6-3-7-14-31,32-15-8-4-9-16-32)33-17-10-5-11-18-33/h3-11,13-22,25-27,29H,12,23-24,28H2,1-2H3. The molecule has 6 rings (SSSR count). The minimum atomic E-state index is -0.622. The number of alkyl halides is 1. The van der Waals surface area contributed by atoms with E-state index >= 15 is 0 Å². The summed E-state index contributed by atoms with van der Waals surface area (Å²) >= 11 is 19.0. The number of benzene rings is 5. The van der Waals surface area contributed by atoms with Crippen LogP contribution in [-0.4, -0.2) is 22.0 Å². The highest BCUT2D eigenvalue weighted by atomic mass is 35.5. The highest BCUT2D eigenvalue weighted by Crippen LogP contribution is 2.42. The first-order valence-electron chi connectivity index (χ1n) is 16.0. The Labute approximate surface area is 297 Å². The third-order valence-corrected chi connectivity index (χ3v) is 9.63. The van der Waals surface area contributed by atoms with Gasteiger partial charge in [-0.3, -0.25) is 0 Å². The van der Waals surface area contributed by atoms with E-state index in [1.807, 2.05) is 48.8 Å². The Bertz CT molecular complexity index is 1810. The molecule has 0 bridgehead atoms. The summed E-state index contributed by atoms with van der Waals surface area (Å²) in [5.74, 6) is 1.76. The summed E-state index contributed by atoms with van der Waals surface area (Å²) in [4.78, 5) is 4.81. The van der Waals surface area contributed by atoms with Gasteiger partial charge in [0.2, 0.25) is 0 Å². The Balaban J connectivity index is 1.24. The molecular formula is C41H37Cl3N2O2. The number of rotatable bonds is 13. The first-order valence-corrected chi connectivity index (χ1v) is 17.2. The van der Waals surface area contributed by atoms with Crippen molar-refractivity contribution in [1.82, 2.24) is 9.55 Å². The normalized spacial score (nSPS) is 11.8. The number of halogens is 3. The van der Waals surface area contributed by atoms with Crippen LogP contribution < -0.4 is 9.47 Å². The van der Waals surface area contributed by atoms with Gasteiger partial charge in [-0.2, -0.15) is 0 Å². The first-order chi connectivity index (χ1) is 23.3. The van der Waals surface area contributed by atoms with E-state index in [4.69, 9.17) is 49.3 Å². The van der Waals surface area contributed by atoms with Gasteiger partial charge in [-0.25, -0.2) is 4.98 Å². The average Bonchev–Trinajstić information content (AvgIpc) is 3.59. The van der Waals surface area contributed by atoms with Gasteiger partial charge in [-0.05, 0) is 58.5 Å². The lowest BCUT2D eigenvalue weighted by Gasteiger charge is -2.37. The highest BCUT2D eigenvalue weighted by molar-refractivity contribution is 6.37. The van der Waals surface area contributed by atoms with Crippen molar-refractivity contribution >= 4 is 34.8 Å². The molecule has 0 aliphatic rings. The Hall–Kier alpha value is -4.22. The minimum Gasteiger partial charge on any atom is -0.490 e. The molecule has 1 aromatic heterocycles. The summed E-state index contributed by atoms with van der Waals surface area (Å²) in [6.45, 7) is 5.07. The van der Waals surface area contributed by atoms with E-state index in [0.29, 0.717) is 41.3 Å². The molecule has 6 aromatic rings. The molecule has 0 spiro atoms. The second-order valence-electron chi connectivity index (χ2n) is 12.2. The first kappa shape index (κ1) is 33.7. The largest absolute Gasteiger partial charge is 0.490 e. The number of hydrogen-bond donors (Lipinski definition) is 0. The van der Waals surface area contributed by atoms with E-state index < -0.39 is 5.54 Å². The van der Waals surface area contributed by atoms with Crippen molar-refractivity contribution in [3.8, 4) is 11.5 Å². The fourth-order valence-electron chi connectivity index (χ4n) is 6.19. The van der Waals surface area contributed by atoms with Crippen molar-refractivity contribution in [3.63, 3.8) is 0 Å². The molecule has 0 amide bonds. The van der Waals surface area contributed by atoms with E-state index in [1.54, 1.807) is 0 Å². The van der Waals surface area contributed by atoms with E-state index in [1.165, 1.54) is 0 Å². The molecule has 0 aliphatic carbocycles. The molecule has 7 heteroatoms. The SMILES string of the molecule is CC(C)(c1ccc(OCc2cn(C(c3ccccc3)(c3ccccc3)c3ccccc3)cn2)cc1)c1cc(Cl)c(OCCCCl)c(Cl)c1. The van der Waals surface area contributed by atoms with Crippen molar-refractivity contribution in [2.45, 2.75) is 37.8 Å². The van der Waals surface area contributed by atoms with Gasteiger partial charge >= 0.3 is 0 Å². The fourth-order valence-corrected chi connectivity index (χ4v) is 6.89. The zero-order valence-electron chi connectivity index (χ0n) is 27.0. The number of hydrogen-bond acceptors (Lipinski definition) is 3. The van der Waals surface area contributed by atoms with Crippen LogP contribution in [-0.2, 0) is 17.6 Å². The van der Waals surface area contributed by atoms with Crippen LogP contribution in [0.15, 0.2) is 140 Å². The summed E-state index contributed by atoms with van der Waals surface area (Å²) in [7, 11) is 0. The van der Waals surface area contributed by atoms with Gasteiger partial charge in [0.15, 0.2) is 5.75 Å². The van der Waals surface area contributed by atoms with Crippen LogP contribution in [0.4, 0.5) is 0 Å². The second kappa shape index (κ2) is 14.9. The molecule has 1 heterocycles. The summed E-state index contributed by atoms with van der Waals surface area (Å²) in [6.07, 6.45) is 4.70. The third kappa shape index (κ3) is 6.84. The molecular weight excluding hydrogens is 659 g/mol. The number of imidazole rings is 1. The van der Waals surface area contributed by atoms with Crippen molar-refractivity contribution in [3.05, 3.63) is 183 Å². The Kier molecular flexibility index (Phi) is 10.5. The van der Waals surface area contributed by atoms with Crippen LogP contribution in [0, 0.1) is 0 Å². The monoisotopic (exact) mass is 694 g/mol. The molecule has 0 radical (unpaired) electrons. The van der Waals surface area contributed by atoms with Crippen molar-refractivity contribution in [1.29, 1.82) is 0 Å². The maximum absolute atomic E-state index is 6.60. The van der Waals surface area contributed by atoms with Gasteiger partial charge in [0.25, 0.3) is 0 Å². The van der Waals surface area contributed by atoms with Crippen LogP contribution in [0.25, 0.3) is 0 Å². The fraction of sp³-hybridized carbons (Fsp3) is 0.195. The Morgan fingerprint density at radius 3 is 1.67 bits per heavy atom. The molecule has 244 valence electrons. The zero-order valence-corrected chi connectivity index (χ0v) is 29.2. The van der Waals surface area contributed by atoms with Crippen molar-refractivity contribution < 1.29 is 9.47 Å². The lowest BCUT2D eigenvalue weighted by atomic mass is 9.77. The molecule has 0 fully saturated rings. The molecule has 0 N–H and O–H groups in total. The number of ether oxygens (including phenoxy) is 2. The molecule has 0 unspecified atom stereocenters. The van der Waals surface area contributed by atoms with E-state index in [0.717, 1.165) is 39.3 Å². The summed E-state index contributed by atoms with van der Waals surface area (Å²) < 4.78 is 14.2. The number of nitrogens with zero attached hydrogens (tertiary/aromatic N) is 2. The lowest BCUT2D eigenvalue weighted by Crippen LogP contribution is -2.36. The molecule has 48 heavy (non-hydrogen) atoms. The Morgan fingerprint density at radius 2 is 1.17 bits per heavy atom. The molecule has 0 saturated heterocycles. The predicted octanol–water partition coefficient (Wildman–Crippen LogP) is 10.9. The van der Waals surface area contributed by atoms with E-state index in [-0.39, 0.29) is 5.41 Å². The molecule has 5 aromatic carbocycles. The van der Waals surface area contributed by atoms with Gasteiger partial charge < -0.3 is 14.0 Å². The van der Waals surface area contributed by atoms with Crippen LogP contribution in [0.5, 0.6) is 11.5 Å². The quantitative estimate of drug-likeness (QED) is 0.0685. The van der Waals surface area contributed by atoms with E-state index in [2.05, 4.69) is 110 Å². The van der Waals surface area contributed by atoms with Gasteiger partial charge in [0, 0.05) is 17.5 Å². The predicted molar refractivity (Wildman–Crippen MR) is 197 cm³/mol. The van der Waals surface area contributed by atoms with Crippen LogP contribution in [0.2, 0.25) is 10.0 Å². The number of aromatic nitrogens is 2. The highest BCUT2D eigenvalue weighted by Gasteiger charge is 2.38. The van der Waals surface area contributed by atoms with Gasteiger partial charge in [-0.1, -0.05) is 140 Å². The summed E-state index contributed by atoms with van der Waals surface area (Å²) in [6, 6.07) is 43.6. The van der Waals surface area contributed by atoms with Gasteiger partial charge in [-0.15, -0.1) is 11.6 Å². The van der Waals surface area contributed by atoms with E-state index in [9.17, 15) is 0 Å². The third-order valence-electron chi connectivity index (χ3n) is 8.81. The molecule has 0 atom stereocenters. The summed E-state index contributed by atoms with van der Waals surface area (Å²) in [5, 5.41) is 0.964. The van der Waals surface area contributed by atoms with Gasteiger partial charge in [0.05, 0.1) is 28.7 Å². The molecule has 0 aliphatic heterocycles. The maximum Gasteiger partial charge on any atom is 0.156 e. The van der Waals surface area contributed by atoms with Crippen LogP contribution in [0.1, 0.15) is 53.8 Å². The maximum atomic E-state index is 6.60. The van der Waals surface area contributed by atoms with Crippen LogP contribution in [0.3, 0.4) is 0 Å². The summed E-state index contributed by atoms with van der Waals surface area (Å²) in [5.41, 5.74) is 5.34. The van der Waals surface area contributed by atoms with Crippen LogP contribution >= 0.6 is 34.8 Å².